The predicted octanol–water partition coefficient (Wildman–Crippen LogP) is 3.36. The summed E-state index contributed by atoms with van der Waals surface area (Å²) in [5.41, 5.74) is 1.03. The van der Waals surface area contributed by atoms with Crippen molar-refractivity contribution in [2.75, 3.05) is 14.2 Å². The highest BCUT2D eigenvalue weighted by molar-refractivity contribution is 5.84. The molecule has 0 unspecified atom stereocenters. The third-order valence-corrected chi connectivity index (χ3v) is 2.84. The summed E-state index contributed by atoms with van der Waals surface area (Å²) >= 11 is 0. The van der Waals surface area contributed by atoms with E-state index in [4.69, 9.17) is 9.47 Å². The van der Waals surface area contributed by atoms with Crippen LogP contribution in [0.2, 0.25) is 0 Å². The van der Waals surface area contributed by atoms with Crippen LogP contribution in [0.4, 0.5) is 11.4 Å². The van der Waals surface area contributed by atoms with E-state index in [0.717, 1.165) is 5.56 Å². The van der Waals surface area contributed by atoms with Crippen LogP contribution < -0.4 is 9.47 Å². The van der Waals surface area contributed by atoms with Crippen LogP contribution in [0.15, 0.2) is 47.5 Å². The lowest BCUT2D eigenvalue weighted by Gasteiger charge is -2.07. The van der Waals surface area contributed by atoms with Crippen LogP contribution >= 0.6 is 0 Å². The fourth-order valence-electron chi connectivity index (χ4n) is 1.80. The summed E-state index contributed by atoms with van der Waals surface area (Å²) in [5, 5.41) is 10.9. The molecule has 0 aliphatic rings. The Morgan fingerprint density at radius 1 is 1.10 bits per heavy atom. The Labute approximate surface area is 121 Å². The van der Waals surface area contributed by atoms with Gasteiger partial charge in [0.1, 0.15) is 5.69 Å². The van der Waals surface area contributed by atoms with Crippen molar-refractivity contribution in [3.05, 3.63) is 58.1 Å². The lowest BCUT2D eigenvalue weighted by molar-refractivity contribution is -0.384. The maximum absolute atomic E-state index is 10.9. The number of methoxy groups -OCH3 is 2. The molecule has 0 fully saturated rings. The van der Waals surface area contributed by atoms with Crippen LogP contribution in [-0.2, 0) is 0 Å². The maximum Gasteiger partial charge on any atom is 0.294 e. The summed E-state index contributed by atoms with van der Waals surface area (Å²) in [5.74, 6) is 1.18. The molecule has 0 aliphatic carbocycles. The van der Waals surface area contributed by atoms with Crippen molar-refractivity contribution >= 4 is 17.6 Å². The van der Waals surface area contributed by atoms with Crippen molar-refractivity contribution in [3.63, 3.8) is 0 Å². The second-order valence-corrected chi connectivity index (χ2v) is 4.12. The Morgan fingerprint density at radius 3 is 2.48 bits per heavy atom. The van der Waals surface area contributed by atoms with Crippen LogP contribution in [-0.4, -0.2) is 25.4 Å². The minimum absolute atomic E-state index is 0.0331. The number of nitro benzene ring substituents is 1. The first-order valence-corrected chi connectivity index (χ1v) is 6.15. The fourth-order valence-corrected chi connectivity index (χ4v) is 1.80. The van der Waals surface area contributed by atoms with Gasteiger partial charge in [0, 0.05) is 12.3 Å². The average molecular weight is 286 g/mol. The van der Waals surface area contributed by atoms with Gasteiger partial charge in [-0.05, 0) is 29.8 Å². The standard InChI is InChI=1S/C15H14N2O4/c1-20-14-8-7-11(9-15(14)21-2)10-16-12-5-3-4-6-13(12)17(18)19/h3-10H,1-2H3. The Bertz CT molecular complexity index is 683. The second-order valence-electron chi connectivity index (χ2n) is 4.12. The van der Waals surface area contributed by atoms with E-state index in [1.165, 1.54) is 6.07 Å². The number of nitrogens with zero attached hydrogens (tertiary/aromatic N) is 2. The highest BCUT2D eigenvalue weighted by Gasteiger charge is 2.10. The number of para-hydroxylation sites is 2. The van der Waals surface area contributed by atoms with Crippen LogP contribution in [0.3, 0.4) is 0 Å². The maximum atomic E-state index is 10.9. The Balaban J connectivity index is 2.32. The van der Waals surface area contributed by atoms with Crippen molar-refractivity contribution in [1.82, 2.24) is 0 Å². The molecule has 2 aromatic carbocycles. The molecule has 6 nitrogen and oxygen atoms in total. The molecule has 0 atom stereocenters. The molecular weight excluding hydrogens is 272 g/mol. The predicted molar refractivity (Wildman–Crippen MR) is 79.9 cm³/mol. The zero-order chi connectivity index (χ0) is 15.2. The van der Waals surface area contributed by atoms with Crippen molar-refractivity contribution in [2.45, 2.75) is 0 Å². The first-order valence-electron chi connectivity index (χ1n) is 6.15. The Morgan fingerprint density at radius 2 is 1.81 bits per heavy atom. The van der Waals surface area contributed by atoms with Gasteiger partial charge in [-0.25, -0.2) is 4.99 Å². The normalized spacial score (nSPS) is 10.6. The van der Waals surface area contributed by atoms with Gasteiger partial charge < -0.3 is 9.47 Å². The number of ether oxygens (including phenoxy) is 2. The van der Waals surface area contributed by atoms with E-state index >= 15 is 0 Å². The van der Waals surface area contributed by atoms with Crippen molar-refractivity contribution < 1.29 is 14.4 Å². The zero-order valence-electron chi connectivity index (χ0n) is 11.6. The molecule has 0 heterocycles. The van der Waals surface area contributed by atoms with E-state index in [0.29, 0.717) is 17.2 Å². The monoisotopic (exact) mass is 286 g/mol. The van der Waals surface area contributed by atoms with Gasteiger partial charge in [-0.15, -0.1) is 0 Å². The smallest absolute Gasteiger partial charge is 0.294 e. The number of aliphatic imine (C=N–C) groups is 1. The molecule has 6 heteroatoms. The first kappa shape index (κ1) is 14.5. The van der Waals surface area contributed by atoms with Crippen molar-refractivity contribution in [1.29, 1.82) is 0 Å². The van der Waals surface area contributed by atoms with Crippen LogP contribution in [0.25, 0.3) is 0 Å². The van der Waals surface area contributed by atoms with Gasteiger partial charge >= 0.3 is 0 Å². The lowest BCUT2D eigenvalue weighted by atomic mass is 10.2. The molecule has 0 aliphatic heterocycles. The quantitative estimate of drug-likeness (QED) is 0.480. The summed E-state index contributed by atoms with van der Waals surface area (Å²) < 4.78 is 10.3. The van der Waals surface area contributed by atoms with Gasteiger partial charge in [0.25, 0.3) is 5.69 Å². The third-order valence-electron chi connectivity index (χ3n) is 2.84. The number of hydrogen-bond acceptors (Lipinski definition) is 5. The van der Waals surface area contributed by atoms with E-state index in [9.17, 15) is 10.1 Å². The lowest BCUT2D eigenvalue weighted by Crippen LogP contribution is -1.92. The van der Waals surface area contributed by atoms with Gasteiger partial charge in [0.15, 0.2) is 11.5 Å². The molecule has 21 heavy (non-hydrogen) atoms. The minimum Gasteiger partial charge on any atom is -0.493 e. The van der Waals surface area contributed by atoms with Gasteiger partial charge in [0.2, 0.25) is 0 Å². The molecule has 0 amide bonds. The van der Waals surface area contributed by atoms with Crippen LogP contribution in [0.5, 0.6) is 11.5 Å². The third kappa shape index (κ3) is 3.36. The molecule has 108 valence electrons. The second kappa shape index (κ2) is 6.51. The largest absolute Gasteiger partial charge is 0.493 e. The van der Waals surface area contributed by atoms with Gasteiger partial charge in [-0.2, -0.15) is 0 Å². The highest BCUT2D eigenvalue weighted by Crippen LogP contribution is 2.28. The topological polar surface area (TPSA) is 74.0 Å². The van der Waals surface area contributed by atoms with Crippen molar-refractivity contribution in [3.8, 4) is 11.5 Å². The molecule has 0 N–H and O–H groups in total. The molecule has 0 saturated heterocycles. The van der Waals surface area contributed by atoms with Crippen molar-refractivity contribution in [2.24, 2.45) is 4.99 Å². The molecule has 0 radical (unpaired) electrons. The molecule has 2 aromatic rings. The van der Waals surface area contributed by atoms with E-state index in [-0.39, 0.29) is 5.69 Å². The van der Waals surface area contributed by atoms with E-state index in [2.05, 4.69) is 4.99 Å². The van der Waals surface area contributed by atoms with E-state index in [1.54, 1.807) is 56.8 Å². The molecule has 0 spiro atoms. The summed E-state index contributed by atoms with van der Waals surface area (Å²) in [6.07, 6.45) is 1.55. The number of hydrogen-bond donors (Lipinski definition) is 0. The molecule has 2 rings (SSSR count). The Hall–Kier alpha value is -2.89. The number of rotatable bonds is 5. The van der Waals surface area contributed by atoms with E-state index in [1.807, 2.05) is 0 Å². The Kier molecular flexibility index (Phi) is 4.50. The highest BCUT2D eigenvalue weighted by atomic mass is 16.6. The minimum atomic E-state index is -0.457. The number of benzene rings is 2. The molecular formula is C15H14N2O4. The summed E-state index contributed by atoms with van der Waals surface area (Å²) in [4.78, 5) is 14.6. The summed E-state index contributed by atoms with van der Waals surface area (Å²) in [6, 6.07) is 11.6. The van der Waals surface area contributed by atoms with Gasteiger partial charge in [-0.1, -0.05) is 12.1 Å². The molecule has 0 saturated carbocycles. The summed E-state index contributed by atoms with van der Waals surface area (Å²) in [6.45, 7) is 0. The van der Waals surface area contributed by atoms with Gasteiger partial charge in [0.05, 0.1) is 19.1 Å². The fraction of sp³-hybridized carbons (Fsp3) is 0.133. The average Bonchev–Trinajstić information content (AvgIpc) is 2.52. The number of nitro groups is 1. The SMILES string of the molecule is COc1ccc(C=Nc2ccccc2[N+](=O)[O-])cc1OC. The van der Waals surface area contributed by atoms with Crippen LogP contribution in [0.1, 0.15) is 5.56 Å². The van der Waals surface area contributed by atoms with E-state index < -0.39 is 4.92 Å². The zero-order valence-corrected chi connectivity index (χ0v) is 11.6. The van der Waals surface area contributed by atoms with Gasteiger partial charge in [-0.3, -0.25) is 10.1 Å². The summed E-state index contributed by atoms with van der Waals surface area (Å²) in [7, 11) is 3.10. The molecule has 0 aromatic heterocycles. The first-order chi connectivity index (χ1) is 10.2. The molecule has 0 bridgehead atoms. The van der Waals surface area contributed by atoms with Crippen LogP contribution in [0, 0.1) is 10.1 Å².